The molecule has 2 atom stereocenters. The van der Waals surface area contributed by atoms with E-state index in [-0.39, 0.29) is 29.9 Å². The topological polar surface area (TPSA) is 83.6 Å². The fraction of sp³-hybridized carbons (Fsp3) is 0.545. The predicted molar refractivity (Wildman–Crippen MR) is 105 cm³/mol. The van der Waals surface area contributed by atoms with Gasteiger partial charge in [-0.1, -0.05) is 38.8 Å². The average Bonchev–Trinajstić information content (AvgIpc) is 2.98. The molecule has 2 heterocycles. The Bertz CT molecular complexity index is 802. The molecule has 2 unspecified atom stereocenters. The molecule has 1 fully saturated rings. The maximum absolute atomic E-state index is 12.9. The van der Waals surface area contributed by atoms with Crippen molar-refractivity contribution < 1.29 is 19.2 Å². The zero-order chi connectivity index (χ0) is 20.3. The molecule has 1 N–H and O–H groups in total. The molecule has 2 aliphatic heterocycles. The van der Waals surface area contributed by atoms with Gasteiger partial charge in [-0.05, 0) is 36.0 Å². The van der Waals surface area contributed by atoms with Crippen molar-refractivity contribution in [1.82, 2.24) is 10.2 Å². The summed E-state index contributed by atoms with van der Waals surface area (Å²) in [5, 5.41) is 2.32. The Hall–Kier alpha value is -2.50. The lowest BCUT2D eigenvalue weighted by Gasteiger charge is -2.29. The van der Waals surface area contributed by atoms with Gasteiger partial charge in [0.15, 0.2) is 0 Å². The molecule has 150 valence electrons. The number of ketones is 1. The highest BCUT2D eigenvalue weighted by Crippen LogP contribution is 2.34. The molecule has 0 bridgehead atoms. The highest BCUT2D eigenvalue weighted by molar-refractivity contribution is 6.05. The van der Waals surface area contributed by atoms with Gasteiger partial charge in [0.05, 0.1) is 0 Å². The number of hydrogen-bond acceptors (Lipinski definition) is 4. The maximum Gasteiger partial charge on any atom is 0.255 e. The van der Waals surface area contributed by atoms with Crippen LogP contribution < -0.4 is 5.32 Å². The van der Waals surface area contributed by atoms with E-state index in [2.05, 4.69) is 12.2 Å². The highest BCUT2D eigenvalue weighted by Gasteiger charge is 2.40. The monoisotopic (exact) mass is 384 g/mol. The molecule has 28 heavy (non-hydrogen) atoms. The third-order valence-electron chi connectivity index (χ3n) is 5.74. The van der Waals surface area contributed by atoms with Crippen molar-refractivity contribution >= 4 is 23.5 Å². The van der Waals surface area contributed by atoms with Crippen LogP contribution in [-0.2, 0) is 20.9 Å². The molecule has 6 heteroatoms. The molecule has 3 rings (SSSR count). The van der Waals surface area contributed by atoms with Crippen LogP contribution in [0.1, 0.15) is 86.2 Å². The standard InChI is InChI=1S/C22H28N2O4/c1-3-4-5-7-15(25)12-14(2)16-8-6-9-17-18(16)13-24(22(17)28)19-10-11-20(26)23-21(19)27/h6,8-9,14,19H,3-5,7,10-13H2,1-2H3,(H,23,26,27). The first kappa shape index (κ1) is 20.2. The molecule has 0 aromatic heterocycles. The van der Waals surface area contributed by atoms with Gasteiger partial charge in [0.2, 0.25) is 11.8 Å². The second-order valence-corrected chi connectivity index (χ2v) is 7.87. The molecule has 1 aromatic rings. The van der Waals surface area contributed by atoms with Crippen LogP contribution in [0.2, 0.25) is 0 Å². The number of amides is 3. The number of Topliss-reactive ketones (excluding diaryl/α,β-unsaturated/α-hetero) is 1. The van der Waals surface area contributed by atoms with Crippen molar-refractivity contribution in [3.05, 3.63) is 34.9 Å². The van der Waals surface area contributed by atoms with E-state index in [0.717, 1.165) is 30.4 Å². The lowest BCUT2D eigenvalue weighted by Crippen LogP contribution is -2.52. The molecule has 1 saturated heterocycles. The van der Waals surface area contributed by atoms with Crippen LogP contribution in [0.3, 0.4) is 0 Å². The minimum atomic E-state index is -0.614. The van der Waals surface area contributed by atoms with Crippen molar-refractivity contribution in [3.63, 3.8) is 0 Å². The number of benzene rings is 1. The molecule has 0 aliphatic carbocycles. The summed E-state index contributed by atoms with van der Waals surface area (Å²) in [5.74, 6) is -0.587. The van der Waals surface area contributed by atoms with Gasteiger partial charge in [0.25, 0.3) is 5.91 Å². The molecule has 0 spiro atoms. The van der Waals surface area contributed by atoms with Crippen LogP contribution in [0.25, 0.3) is 0 Å². The summed E-state index contributed by atoms with van der Waals surface area (Å²) < 4.78 is 0. The smallest absolute Gasteiger partial charge is 0.255 e. The van der Waals surface area contributed by atoms with E-state index in [1.165, 1.54) is 0 Å². The number of fused-ring (bicyclic) bond motifs is 1. The van der Waals surface area contributed by atoms with Crippen LogP contribution >= 0.6 is 0 Å². The lowest BCUT2D eigenvalue weighted by atomic mass is 9.89. The van der Waals surface area contributed by atoms with E-state index >= 15 is 0 Å². The van der Waals surface area contributed by atoms with Crippen LogP contribution in [0, 0.1) is 0 Å². The van der Waals surface area contributed by atoms with Crippen LogP contribution in [0.5, 0.6) is 0 Å². The predicted octanol–water partition coefficient (Wildman–Crippen LogP) is 3.09. The van der Waals surface area contributed by atoms with Crippen molar-refractivity contribution in [2.24, 2.45) is 0 Å². The molecule has 6 nitrogen and oxygen atoms in total. The highest BCUT2D eigenvalue weighted by atomic mass is 16.2. The molecule has 2 aliphatic rings. The summed E-state index contributed by atoms with van der Waals surface area (Å²) in [6.07, 6.45) is 4.75. The van der Waals surface area contributed by atoms with Crippen LogP contribution in [0.4, 0.5) is 0 Å². The zero-order valence-electron chi connectivity index (χ0n) is 16.6. The normalized spacial score (nSPS) is 20.1. The summed E-state index contributed by atoms with van der Waals surface area (Å²) in [4.78, 5) is 50.4. The Labute approximate surface area is 165 Å². The Morgan fingerprint density at radius 1 is 1.25 bits per heavy atom. The van der Waals surface area contributed by atoms with Gasteiger partial charge in [0.1, 0.15) is 11.8 Å². The van der Waals surface area contributed by atoms with Crippen molar-refractivity contribution in [2.45, 2.75) is 77.3 Å². The van der Waals surface area contributed by atoms with E-state index in [9.17, 15) is 19.2 Å². The average molecular weight is 384 g/mol. The third kappa shape index (κ3) is 4.16. The Balaban J connectivity index is 1.74. The van der Waals surface area contributed by atoms with Gasteiger partial charge in [0, 0.05) is 31.4 Å². The summed E-state index contributed by atoms with van der Waals surface area (Å²) >= 11 is 0. The number of unbranched alkanes of at least 4 members (excludes halogenated alkanes) is 2. The van der Waals surface area contributed by atoms with Crippen LogP contribution in [0.15, 0.2) is 18.2 Å². The number of carbonyl (C=O) groups is 4. The van der Waals surface area contributed by atoms with Gasteiger partial charge in [-0.15, -0.1) is 0 Å². The summed E-state index contributed by atoms with van der Waals surface area (Å²) in [7, 11) is 0. The van der Waals surface area contributed by atoms with Gasteiger partial charge < -0.3 is 4.90 Å². The number of hydrogen-bond donors (Lipinski definition) is 1. The minimum absolute atomic E-state index is 0.0265. The van der Waals surface area contributed by atoms with Crippen molar-refractivity contribution in [3.8, 4) is 0 Å². The minimum Gasteiger partial charge on any atom is -0.322 e. The van der Waals surface area contributed by atoms with E-state index in [1.54, 1.807) is 11.0 Å². The second-order valence-electron chi connectivity index (χ2n) is 7.87. The largest absolute Gasteiger partial charge is 0.322 e. The zero-order valence-corrected chi connectivity index (χ0v) is 16.6. The number of nitrogens with one attached hydrogen (secondary N) is 1. The third-order valence-corrected chi connectivity index (χ3v) is 5.74. The van der Waals surface area contributed by atoms with E-state index in [1.807, 2.05) is 19.1 Å². The van der Waals surface area contributed by atoms with Gasteiger partial charge in [-0.25, -0.2) is 0 Å². The fourth-order valence-electron chi connectivity index (χ4n) is 4.20. The number of piperidine rings is 1. The number of imide groups is 1. The first-order chi connectivity index (χ1) is 13.4. The van der Waals surface area contributed by atoms with E-state index in [4.69, 9.17) is 0 Å². The quantitative estimate of drug-likeness (QED) is 0.551. The van der Waals surface area contributed by atoms with Gasteiger partial charge >= 0.3 is 0 Å². The molecular formula is C22H28N2O4. The number of rotatable bonds is 8. The number of nitrogens with zero attached hydrogens (tertiary/aromatic N) is 1. The van der Waals surface area contributed by atoms with Crippen molar-refractivity contribution in [1.29, 1.82) is 0 Å². The Morgan fingerprint density at radius 2 is 2.04 bits per heavy atom. The molecule has 0 saturated carbocycles. The van der Waals surface area contributed by atoms with E-state index in [0.29, 0.717) is 31.4 Å². The molecule has 3 amide bonds. The second kappa shape index (κ2) is 8.67. The summed E-state index contributed by atoms with van der Waals surface area (Å²) in [5.41, 5.74) is 2.52. The maximum atomic E-state index is 12.9. The van der Waals surface area contributed by atoms with Crippen LogP contribution in [-0.4, -0.2) is 34.4 Å². The summed E-state index contributed by atoms with van der Waals surface area (Å²) in [6, 6.07) is 4.99. The number of carbonyl (C=O) groups excluding carboxylic acids is 4. The Kier molecular flexibility index (Phi) is 6.27. The SMILES string of the molecule is CCCCCC(=O)CC(C)c1cccc2c1CN(C1CCC(=O)NC1=O)C2=O. The van der Waals surface area contributed by atoms with E-state index < -0.39 is 11.9 Å². The molecular weight excluding hydrogens is 356 g/mol. The molecule has 0 radical (unpaired) electrons. The van der Waals surface area contributed by atoms with Gasteiger partial charge in [-0.2, -0.15) is 0 Å². The first-order valence-electron chi connectivity index (χ1n) is 10.2. The first-order valence-corrected chi connectivity index (χ1v) is 10.2. The lowest BCUT2D eigenvalue weighted by molar-refractivity contribution is -0.137. The van der Waals surface area contributed by atoms with Gasteiger partial charge in [-0.3, -0.25) is 24.5 Å². The summed E-state index contributed by atoms with van der Waals surface area (Å²) in [6.45, 7) is 4.49. The fourth-order valence-corrected chi connectivity index (χ4v) is 4.20. The Morgan fingerprint density at radius 3 is 2.75 bits per heavy atom. The van der Waals surface area contributed by atoms with Crippen molar-refractivity contribution in [2.75, 3.05) is 0 Å². The molecule has 1 aromatic carbocycles.